The van der Waals surface area contributed by atoms with Gasteiger partial charge >= 0.3 is 5.97 Å². The molecule has 0 atom stereocenters. The summed E-state index contributed by atoms with van der Waals surface area (Å²) in [6.07, 6.45) is 4.58. The van der Waals surface area contributed by atoms with Crippen molar-refractivity contribution in [2.24, 2.45) is 0 Å². The maximum absolute atomic E-state index is 11.7. The summed E-state index contributed by atoms with van der Waals surface area (Å²) >= 11 is 0. The van der Waals surface area contributed by atoms with Crippen LogP contribution in [0.2, 0.25) is 0 Å². The number of likely N-dealkylation sites (N-methyl/N-ethyl adjacent to an activating group) is 1. The first-order valence-electron chi connectivity index (χ1n) is 5.54. The van der Waals surface area contributed by atoms with E-state index in [1.807, 2.05) is 0 Å². The first kappa shape index (κ1) is 13.2. The minimum Gasteiger partial charge on any atom is -0.478 e. The second kappa shape index (κ2) is 6.03. The molecule has 1 N–H and O–H groups in total. The van der Waals surface area contributed by atoms with Gasteiger partial charge < -0.3 is 10.0 Å². The van der Waals surface area contributed by atoms with Crippen molar-refractivity contribution in [3.63, 3.8) is 0 Å². The van der Waals surface area contributed by atoms with Crippen LogP contribution in [0.25, 0.3) is 0 Å². The van der Waals surface area contributed by atoms with Gasteiger partial charge in [0.1, 0.15) is 6.54 Å². The Morgan fingerprint density at radius 1 is 1.53 bits per heavy atom. The first-order valence-corrected chi connectivity index (χ1v) is 5.54. The number of carboxylic acids is 1. The molecule has 0 bridgehead atoms. The molecule has 1 heterocycles. The summed E-state index contributed by atoms with van der Waals surface area (Å²) in [7, 11) is 1.74. The van der Waals surface area contributed by atoms with Crippen LogP contribution >= 0.6 is 0 Å². The van der Waals surface area contributed by atoms with Gasteiger partial charge in [0.2, 0.25) is 5.91 Å². The normalized spacial score (nSPS) is 10.2. The molecule has 1 aromatic rings. The fourth-order valence-corrected chi connectivity index (χ4v) is 1.34. The molecule has 0 aliphatic rings. The molecule has 0 radical (unpaired) electrons. The van der Waals surface area contributed by atoms with Crippen LogP contribution in [0.1, 0.15) is 30.1 Å². The zero-order valence-electron chi connectivity index (χ0n) is 10.1. The van der Waals surface area contributed by atoms with Crippen LogP contribution in [0.4, 0.5) is 0 Å². The molecule has 0 spiro atoms. The van der Waals surface area contributed by atoms with Crippen LogP contribution in [-0.4, -0.2) is 45.3 Å². The van der Waals surface area contributed by atoms with E-state index in [1.165, 1.54) is 17.1 Å². The van der Waals surface area contributed by atoms with Gasteiger partial charge in [-0.1, -0.05) is 13.3 Å². The van der Waals surface area contributed by atoms with E-state index in [-0.39, 0.29) is 18.0 Å². The molecule has 0 aromatic carbocycles. The summed E-state index contributed by atoms with van der Waals surface area (Å²) in [6, 6.07) is 0. The van der Waals surface area contributed by atoms with Gasteiger partial charge in [0.25, 0.3) is 0 Å². The average Bonchev–Trinajstić information content (AvgIpc) is 2.74. The Hall–Kier alpha value is -1.85. The van der Waals surface area contributed by atoms with E-state index in [0.29, 0.717) is 6.54 Å². The van der Waals surface area contributed by atoms with Gasteiger partial charge in [0.05, 0.1) is 11.8 Å². The topological polar surface area (TPSA) is 75.4 Å². The fourth-order valence-electron chi connectivity index (χ4n) is 1.34. The molecule has 0 unspecified atom stereocenters. The van der Waals surface area contributed by atoms with E-state index in [0.717, 1.165) is 12.8 Å². The highest BCUT2D eigenvalue weighted by molar-refractivity contribution is 5.87. The predicted octanol–water partition coefficient (Wildman–Crippen LogP) is 0.840. The molecule has 6 heteroatoms. The van der Waals surface area contributed by atoms with Gasteiger partial charge in [-0.05, 0) is 6.42 Å². The number of aromatic carboxylic acids is 1. The molecular formula is C11H17N3O3. The number of nitrogens with zero attached hydrogens (tertiary/aromatic N) is 3. The quantitative estimate of drug-likeness (QED) is 0.798. The third-order valence-corrected chi connectivity index (χ3v) is 2.45. The van der Waals surface area contributed by atoms with E-state index in [2.05, 4.69) is 12.0 Å². The lowest BCUT2D eigenvalue weighted by Gasteiger charge is -2.16. The van der Waals surface area contributed by atoms with E-state index >= 15 is 0 Å². The maximum Gasteiger partial charge on any atom is 0.338 e. The second-order valence-electron chi connectivity index (χ2n) is 3.90. The van der Waals surface area contributed by atoms with Crippen molar-refractivity contribution in [3.8, 4) is 0 Å². The lowest BCUT2D eigenvalue weighted by Crippen LogP contribution is -2.31. The van der Waals surface area contributed by atoms with Crippen LogP contribution in [-0.2, 0) is 11.3 Å². The molecule has 1 amide bonds. The molecule has 6 nitrogen and oxygen atoms in total. The number of amides is 1. The third-order valence-electron chi connectivity index (χ3n) is 2.45. The van der Waals surface area contributed by atoms with Crippen LogP contribution in [0.15, 0.2) is 12.4 Å². The Kier molecular flexibility index (Phi) is 4.68. The molecular weight excluding hydrogens is 222 g/mol. The number of unbranched alkanes of at least 4 members (excludes halogenated alkanes) is 1. The summed E-state index contributed by atoms with van der Waals surface area (Å²) < 4.78 is 1.34. The van der Waals surface area contributed by atoms with Gasteiger partial charge in [0, 0.05) is 19.8 Å². The van der Waals surface area contributed by atoms with Crippen molar-refractivity contribution < 1.29 is 14.7 Å². The van der Waals surface area contributed by atoms with E-state index in [1.54, 1.807) is 11.9 Å². The van der Waals surface area contributed by atoms with Crippen molar-refractivity contribution in [1.29, 1.82) is 0 Å². The van der Waals surface area contributed by atoms with Crippen LogP contribution in [0, 0.1) is 0 Å². The van der Waals surface area contributed by atoms with Gasteiger partial charge in [-0.3, -0.25) is 9.48 Å². The van der Waals surface area contributed by atoms with Crippen molar-refractivity contribution in [2.75, 3.05) is 13.6 Å². The van der Waals surface area contributed by atoms with Gasteiger partial charge in [-0.25, -0.2) is 4.79 Å². The van der Waals surface area contributed by atoms with Crippen molar-refractivity contribution >= 4 is 11.9 Å². The molecule has 17 heavy (non-hydrogen) atoms. The maximum atomic E-state index is 11.7. The van der Waals surface area contributed by atoms with E-state index in [9.17, 15) is 9.59 Å². The zero-order chi connectivity index (χ0) is 12.8. The number of rotatable bonds is 6. The van der Waals surface area contributed by atoms with Crippen molar-refractivity contribution in [3.05, 3.63) is 18.0 Å². The highest BCUT2D eigenvalue weighted by atomic mass is 16.4. The second-order valence-corrected chi connectivity index (χ2v) is 3.90. The van der Waals surface area contributed by atoms with Crippen LogP contribution in [0.3, 0.4) is 0 Å². The molecule has 0 aliphatic carbocycles. The smallest absolute Gasteiger partial charge is 0.338 e. The van der Waals surface area contributed by atoms with Crippen molar-refractivity contribution in [2.45, 2.75) is 26.3 Å². The van der Waals surface area contributed by atoms with Crippen LogP contribution in [0.5, 0.6) is 0 Å². The monoisotopic (exact) mass is 239 g/mol. The lowest BCUT2D eigenvalue weighted by molar-refractivity contribution is -0.130. The summed E-state index contributed by atoms with van der Waals surface area (Å²) in [5.74, 6) is -1.11. The number of hydrogen-bond donors (Lipinski definition) is 1. The molecule has 1 rings (SSSR count). The van der Waals surface area contributed by atoms with Gasteiger partial charge in [0.15, 0.2) is 0 Å². The largest absolute Gasteiger partial charge is 0.478 e. The Morgan fingerprint density at radius 3 is 2.76 bits per heavy atom. The Balaban J connectivity index is 2.52. The number of carboxylic acid groups (broad SMARTS) is 1. The van der Waals surface area contributed by atoms with Crippen LogP contribution < -0.4 is 0 Å². The first-order chi connectivity index (χ1) is 8.04. The summed E-state index contributed by atoms with van der Waals surface area (Å²) in [4.78, 5) is 24.0. The number of carbonyl (C=O) groups excluding carboxylic acids is 1. The predicted molar refractivity (Wildman–Crippen MR) is 61.7 cm³/mol. The van der Waals surface area contributed by atoms with E-state index in [4.69, 9.17) is 5.11 Å². The van der Waals surface area contributed by atoms with Gasteiger partial charge in [-0.2, -0.15) is 5.10 Å². The van der Waals surface area contributed by atoms with Crippen molar-refractivity contribution in [1.82, 2.24) is 14.7 Å². The summed E-state index contributed by atoms with van der Waals surface area (Å²) in [5, 5.41) is 12.5. The Labute approximate surface area is 99.8 Å². The third kappa shape index (κ3) is 3.90. The number of carbonyl (C=O) groups is 2. The molecule has 0 saturated carbocycles. The highest BCUT2D eigenvalue weighted by Crippen LogP contribution is 1.99. The zero-order valence-corrected chi connectivity index (χ0v) is 10.1. The number of aromatic nitrogens is 2. The molecule has 94 valence electrons. The lowest BCUT2D eigenvalue weighted by atomic mass is 10.3. The fraction of sp³-hybridized carbons (Fsp3) is 0.545. The van der Waals surface area contributed by atoms with E-state index < -0.39 is 5.97 Å². The standard InChI is InChI=1S/C11H17N3O3/c1-3-4-5-13(2)10(15)8-14-7-9(6-12-14)11(16)17/h6-7H,3-5,8H2,1-2H3,(H,16,17). The van der Waals surface area contributed by atoms with Gasteiger partial charge in [-0.15, -0.1) is 0 Å². The summed E-state index contributed by atoms with van der Waals surface area (Å²) in [6.45, 7) is 2.85. The highest BCUT2D eigenvalue weighted by Gasteiger charge is 2.11. The summed E-state index contributed by atoms with van der Waals surface area (Å²) in [5.41, 5.74) is 0.0917. The Morgan fingerprint density at radius 2 is 2.24 bits per heavy atom. The molecule has 0 saturated heterocycles. The molecule has 1 aromatic heterocycles. The SMILES string of the molecule is CCCCN(C)C(=O)Cn1cc(C(=O)O)cn1. The molecule has 0 aliphatic heterocycles. The Bertz CT molecular complexity index is 400. The molecule has 0 fully saturated rings. The minimum atomic E-state index is -1.04. The number of hydrogen-bond acceptors (Lipinski definition) is 3. The average molecular weight is 239 g/mol. The minimum absolute atomic E-state index is 0.0708.